The van der Waals surface area contributed by atoms with E-state index in [0.717, 1.165) is 30.6 Å². The third kappa shape index (κ3) is 3.62. The normalized spacial score (nSPS) is 27.6. The number of carbonyl (C=O) groups excluding carboxylic acids is 1. The lowest BCUT2D eigenvalue weighted by molar-refractivity contribution is -0.135. The predicted molar refractivity (Wildman–Crippen MR) is 98.9 cm³/mol. The van der Waals surface area contributed by atoms with Gasteiger partial charge in [0.15, 0.2) is 0 Å². The molecule has 2 aliphatic heterocycles. The Labute approximate surface area is 161 Å². The van der Waals surface area contributed by atoms with E-state index in [4.69, 9.17) is 9.72 Å². The molecule has 0 unspecified atom stereocenters. The molecule has 2 saturated heterocycles. The van der Waals surface area contributed by atoms with Gasteiger partial charge in [0.25, 0.3) is 0 Å². The van der Waals surface area contributed by atoms with Crippen LogP contribution < -0.4 is 0 Å². The number of thiazole rings is 1. The van der Waals surface area contributed by atoms with Crippen LogP contribution in [0.2, 0.25) is 0 Å². The van der Waals surface area contributed by atoms with Crippen LogP contribution in [0, 0.1) is 11.7 Å². The van der Waals surface area contributed by atoms with Crippen molar-refractivity contribution in [1.82, 2.24) is 14.9 Å². The maximum Gasteiger partial charge on any atom is 0.228 e. The number of ether oxygens (including phenoxy) is 1. The maximum atomic E-state index is 13.0. The number of carbonyl (C=O) groups is 1. The number of halogens is 1. The molecule has 3 aliphatic rings. The Morgan fingerprint density at radius 2 is 2.22 bits per heavy atom. The summed E-state index contributed by atoms with van der Waals surface area (Å²) in [7, 11) is 0. The van der Waals surface area contributed by atoms with E-state index in [1.165, 1.54) is 24.6 Å². The molecule has 7 heteroatoms. The van der Waals surface area contributed by atoms with Crippen molar-refractivity contribution in [2.24, 2.45) is 5.92 Å². The van der Waals surface area contributed by atoms with E-state index in [-0.39, 0.29) is 30.4 Å². The molecule has 2 aromatic rings. The average Bonchev–Trinajstić information content (AvgIpc) is 3.25. The first-order chi connectivity index (χ1) is 13.2. The van der Waals surface area contributed by atoms with Crippen LogP contribution in [0.4, 0.5) is 4.39 Å². The monoisotopic (exact) mass is 387 g/mol. The van der Waals surface area contributed by atoms with Crippen LogP contribution in [-0.4, -0.2) is 40.0 Å². The second kappa shape index (κ2) is 6.95. The largest absolute Gasteiger partial charge is 0.366 e. The molecule has 1 amide bonds. The van der Waals surface area contributed by atoms with E-state index >= 15 is 0 Å². The topological polar surface area (TPSA) is 55.3 Å². The molecule has 0 radical (unpaired) electrons. The smallest absolute Gasteiger partial charge is 0.228 e. The standard InChI is InChI=1S/C20H22FN3O2S/c21-14-3-4-15(22-9-14)8-19(25)24-6-5-13-7-17(26-18(13)10-24)20-23-16(11-27-20)12-1-2-12/h3-4,9,11-13,17-18H,1-2,5-8,10H2/t13-,17-,18+/m0/s1. The van der Waals surface area contributed by atoms with Gasteiger partial charge < -0.3 is 9.64 Å². The highest BCUT2D eigenvalue weighted by atomic mass is 32.1. The number of likely N-dealkylation sites (tertiary alicyclic amines) is 1. The van der Waals surface area contributed by atoms with Gasteiger partial charge in [-0.05, 0) is 43.7 Å². The number of pyridine rings is 1. The van der Waals surface area contributed by atoms with Gasteiger partial charge in [0.2, 0.25) is 5.91 Å². The summed E-state index contributed by atoms with van der Waals surface area (Å²) in [5, 5.41) is 3.28. The van der Waals surface area contributed by atoms with E-state index in [2.05, 4.69) is 10.4 Å². The van der Waals surface area contributed by atoms with Gasteiger partial charge >= 0.3 is 0 Å². The van der Waals surface area contributed by atoms with Crippen LogP contribution in [0.25, 0.3) is 0 Å². The quantitative estimate of drug-likeness (QED) is 0.806. The van der Waals surface area contributed by atoms with Gasteiger partial charge in [-0.3, -0.25) is 9.78 Å². The first-order valence-electron chi connectivity index (χ1n) is 9.64. The molecule has 3 fully saturated rings. The van der Waals surface area contributed by atoms with Crippen LogP contribution in [0.3, 0.4) is 0 Å². The highest BCUT2D eigenvalue weighted by Crippen LogP contribution is 2.45. The van der Waals surface area contributed by atoms with Crippen LogP contribution in [-0.2, 0) is 16.0 Å². The molecule has 2 aromatic heterocycles. The summed E-state index contributed by atoms with van der Waals surface area (Å²) < 4.78 is 19.3. The second-order valence-corrected chi connectivity index (χ2v) is 8.71. The summed E-state index contributed by atoms with van der Waals surface area (Å²) in [6, 6.07) is 2.92. The van der Waals surface area contributed by atoms with Crippen molar-refractivity contribution in [2.45, 2.75) is 50.2 Å². The Hall–Kier alpha value is -1.86. The zero-order valence-corrected chi connectivity index (χ0v) is 15.8. The fourth-order valence-electron chi connectivity index (χ4n) is 4.11. The molecular formula is C20H22FN3O2S. The Kier molecular flexibility index (Phi) is 4.44. The predicted octanol–water partition coefficient (Wildman–Crippen LogP) is 3.48. The third-order valence-corrected chi connectivity index (χ3v) is 6.79. The first-order valence-corrected chi connectivity index (χ1v) is 10.5. The molecule has 27 heavy (non-hydrogen) atoms. The minimum Gasteiger partial charge on any atom is -0.366 e. The van der Waals surface area contributed by atoms with Crippen LogP contribution in [0.1, 0.15) is 54.1 Å². The lowest BCUT2D eigenvalue weighted by atomic mass is 9.91. The lowest BCUT2D eigenvalue weighted by Gasteiger charge is -2.34. The van der Waals surface area contributed by atoms with Gasteiger partial charge in [0.1, 0.15) is 16.9 Å². The van der Waals surface area contributed by atoms with Crippen molar-refractivity contribution in [3.8, 4) is 0 Å². The number of hydrogen-bond donors (Lipinski definition) is 0. The molecule has 0 aromatic carbocycles. The van der Waals surface area contributed by atoms with Crippen LogP contribution >= 0.6 is 11.3 Å². The molecule has 0 spiro atoms. The van der Waals surface area contributed by atoms with Gasteiger partial charge in [0.05, 0.1) is 24.4 Å². The Balaban J connectivity index is 1.20. The second-order valence-electron chi connectivity index (χ2n) is 7.82. The van der Waals surface area contributed by atoms with Crippen molar-refractivity contribution >= 4 is 17.2 Å². The van der Waals surface area contributed by atoms with Gasteiger partial charge in [-0.1, -0.05) is 0 Å². The zero-order chi connectivity index (χ0) is 18.4. The molecule has 0 bridgehead atoms. The van der Waals surface area contributed by atoms with E-state index in [1.807, 2.05) is 4.90 Å². The summed E-state index contributed by atoms with van der Waals surface area (Å²) in [6.45, 7) is 1.38. The van der Waals surface area contributed by atoms with Gasteiger partial charge in [-0.2, -0.15) is 0 Å². The molecular weight excluding hydrogens is 365 g/mol. The van der Waals surface area contributed by atoms with E-state index in [1.54, 1.807) is 17.4 Å². The number of piperidine rings is 1. The zero-order valence-electron chi connectivity index (χ0n) is 15.0. The first kappa shape index (κ1) is 17.3. The van der Waals surface area contributed by atoms with E-state index in [9.17, 15) is 9.18 Å². The molecule has 0 N–H and O–H groups in total. The number of aromatic nitrogens is 2. The molecule has 1 aliphatic carbocycles. The number of rotatable bonds is 4. The van der Waals surface area contributed by atoms with E-state index < -0.39 is 0 Å². The maximum absolute atomic E-state index is 13.0. The van der Waals surface area contributed by atoms with E-state index in [0.29, 0.717) is 24.1 Å². The third-order valence-electron chi connectivity index (χ3n) is 5.84. The van der Waals surface area contributed by atoms with Crippen molar-refractivity contribution in [2.75, 3.05) is 13.1 Å². The summed E-state index contributed by atoms with van der Waals surface area (Å²) in [4.78, 5) is 23.3. The molecule has 1 saturated carbocycles. The van der Waals surface area contributed by atoms with Crippen molar-refractivity contribution < 1.29 is 13.9 Å². The van der Waals surface area contributed by atoms with Gasteiger partial charge in [-0.15, -0.1) is 11.3 Å². The number of hydrogen-bond acceptors (Lipinski definition) is 5. The highest BCUT2D eigenvalue weighted by Gasteiger charge is 2.42. The van der Waals surface area contributed by atoms with Gasteiger partial charge in [-0.25, -0.2) is 9.37 Å². The van der Waals surface area contributed by atoms with Crippen molar-refractivity contribution in [1.29, 1.82) is 0 Å². The van der Waals surface area contributed by atoms with Crippen molar-refractivity contribution in [3.63, 3.8) is 0 Å². The van der Waals surface area contributed by atoms with Crippen LogP contribution in [0.15, 0.2) is 23.7 Å². The SMILES string of the molecule is O=C(Cc1ccc(F)cn1)N1CC[C@H]2C[C@@H](c3nc(C4CC4)cs3)O[C@@H]2C1. The number of fused-ring (bicyclic) bond motifs is 1. The Morgan fingerprint density at radius 3 is 3.00 bits per heavy atom. The van der Waals surface area contributed by atoms with Crippen molar-refractivity contribution in [3.05, 3.63) is 45.9 Å². The summed E-state index contributed by atoms with van der Waals surface area (Å²) in [5.74, 6) is 0.817. The Morgan fingerprint density at radius 1 is 1.33 bits per heavy atom. The highest BCUT2D eigenvalue weighted by molar-refractivity contribution is 7.09. The average molecular weight is 387 g/mol. The lowest BCUT2D eigenvalue weighted by Crippen LogP contribution is -2.45. The minimum absolute atomic E-state index is 0.0323. The summed E-state index contributed by atoms with van der Waals surface area (Å²) in [6.07, 6.45) is 6.02. The summed E-state index contributed by atoms with van der Waals surface area (Å²) in [5.41, 5.74) is 1.83. The molecule has 4 heterocycles. The fraction of sp³-hybridized carbons (Fsp3) is 0.550. The molecule has 142 valence electrons. The van der Waals surface area contributed by atoms with Gasteiger partial charge in [0, 0.05) is 30.1 Å². The molecule has 3 atom stereocenters. The molecule has 5 nitrogen and oxygen atoms in total. The Bertz CT molecular complexity index is 836. The fourth-order valence-corrected chi connectivity index (χ4v) is 5.06. The summed E-state index contributed by atoms with van der Waals surface area (Å²) >= 11 is 1.72. The number of amides is 1. The minimum atomic E-state index is -0.385. The number of nitrogens with zero attached hydrogens (tertiary/aromatic N) is 3. The van der Waals surface area contributed by atoms with Crippen LogP contribution in [0.5, 0.6) is 0 Å². The molecule has 5 rings (SSSR count).